The maximum atomic E-state index is 5.83. The Morgan fingerprint density at radius 1 is 1.35 bits per heavy atom. The number of anilines is 1. The van der Waals surface area contributed by atoms with Crippen molar-refractivity contribution in [2.75, 3.05) is 18.0 Å². The van der Waals surface area contributed by atoms with Crippen molar-refractivity contribution in [1.82, 2.24) is 25.0 Å². The Bertz CT molecular complexity index is 508. The number of fused-ring (bicyclic) bond motifs is 1. The molecule has 7 nitrogen and oxygen atoms in total. The molecule has 2 N–H and O–H groups in total. The van der Waals surface area contributed by atoms with Crippen LogP contribution in [0.5, 0.6) is 0 Å². The number of nitrogens with zero attached hydrogens (tertiary/aromatic N) is 6. The monoisotopic (exact) mass is 233 g/mol. The van der Waals surface area contributed by atoms with Crippen molar-refractivity contribution in [2.45, 2.75) is 25.3 Å². The first-order chi connectivity index (χ1) is 8.40. The van der Waals surface area contributed by atoms with Gasteiger partial charge in [0.1, 0.15) is 0 Å². The number of hydrogen-bond donors (Lipinski definition) is 1. The zero-order chi connectivity index (χ0) is 11.7. The number of aromatic nitrogens is 5. The van der Waals surface area contributed by atoms with Gasteiger partial charge in [-0.15, -0.1) is 5.10 Å². The summed E-state index contributed by atoms with van der Waals surface area (Å²) < 4.78 is 1.72. The van der Waals surface area contributed by atoms with E-state index in [1.165, 1.54) is 12.8 Å². The van der Waals surface area contributed by atoms with E-state index in [0.29, 0.717) is 18.2 Å². The van der Waals surface area contributed by atoms with E-state index in [-0.39, 0.29) is 0 Å². The van der Waals surface area contributed by atoms with Crippen molar-refractivity contribution < 1.29 is 0 Å². The van der Waals surface area contributed by atoms with E-state index in [1.54, 1.807) is 16.9 Å². The molecule has 0 aliphatic carbocycles. The first kappa shape index (κ1) is 10.4. The van der Waals surface area contributed by atoms with Gasteiger partial charge in [0.05, 0.1) is 12.4 Å². The highest BCUT2D eigenvalue weighted by molar-refractivity contribution is 5.47. The summed E-state index contributed by atoms with van der Waals surface area (Å²) in [5.41, 5.74) is 6.50. The highest BCUT2D eigenvalue weighted by atomic mass is 15.5. The molecule has 0 amide bonds. The van der Waals surface area contributed by atoms with Gasteiger partial charge in [0.2, 0.25) is 0 Å². The van der Waals surface area contributed by atoms with E-state index >= 15 is 0 Å². The second-order valence-corrected chi connectivity index (χ2v) is 4.29. The minimum absolute atomic E-state index is 0.361. The van der Waals surface area contributed by atoms with Crippen LogP contribution in [0.1, 0.15) is 19.3 Å². The van der Waals surface area contributed by atoms with E-state index < -0.39 is 0 Å². The molecule has 1 unspecified atom stereocenters. The molecule has 0 spiro atoms. The Labute approximate surface area is 98.6 Å². The van der Waals surface area contributed by atoms with Crippen molar-refractivity contribution in [2.24, 2.45) is 5.73 Å². The molecule has 90 valence electrons. The Balaban J connectivity index is 2.04. The SMILES string of the molecule is NCC1CCCCN1c1cncc2nnnn12. The zero-order valence-corrected chi connectivity index (χ0v) is 9.53. The quantitative estimate of drug-likeness (QED) is 0.775. The van der Waals surface area contributed by atoms with Crippen molar-refractivity contribution >= 4 is 11.5 Å². The fourth-order valence-electron chi connectivity index (χ4n) is 2.41. The first-order valence-corrected chi connectivity index (χ1v) is 5.89. The molecular formula is C10H15N7. The number of hydrogen-bond acceptors (Lipinski definition) is 6. The van der Waals surface area contributed by atoms with Crippen LogP contribution < -0.4 is 10.6 Å². The zero-order valence-electron chi connectivity index (χ0n) is 9.53. The highest BCUT2D eigenvalue weighted by Crippen LogP contribution is 2.23. The molecule has 1 fully saturated rings. The number of tetrazole rings is 1. The molecule has 0 saturated carbocycles. The van der Waals surface area contributed by atoms with E-state index in [1.807, 2.05) is 0 Å². The summed E-state index contributed by atoms with van der Waals surface area (Å²) in [6, 6.07) is 0.361. The Hall–Kier alpha value is -1.76. The summed E-state index contributed by atoms with van der Waals surface area (Å²) in [6.07, 6.45) is 6.99. The van der Waals surface area contributed by atoms with Gasteiger partial charge in [0.15, 0.2) is 11.5 Å². The van der Waals surface area contributed by atoms with Crippen LogP contribution in [0, 0.1) is 0 Å². The molecule has 3 heterocycles. The summed E-state index contributed by atoms with van der Waals surface area (Å²) in [5, 5.41) is 11.6. The lowest BCUT2D eigenvalue weighted by molar-refractivity contribution is 0.458. The lowest BCUT2D eigenvalue weighted by atomic mass is 10.0. The van der Waals surface area contributed by atoms with Gasteiger partial charge in [-0.25, -0.2) is 0 Å². The summed E-state index contributed by atoms with van der Waals surface area (Å²) in [4.78, 5) is 6.45. The predicted octanol–water partition coefficient (Wildman–Crippen LogP) is -0.163. The van der Waals surface area contributed by atoms with Crippen LogP contribution in [0.15, 0.2) is 12.4 Å². The molecular weight excluding hydrogens is 218 g/mol. The van der Waals surface area contributed by atoms with Gasteiger partial charge in [0.25, 0.3) is 0 Å². The van der Waals surface area contributed by atoms with Crippen LogP contribution in [-0.4, -0.2) is 44.2 Å². The minimum atomic E-state index is 0.361. The maximum Gasteiger partial charge on any atom is 0.199 e. The second-order valence-electron chi connectivity index (χ2n) is 4.29. The van der Waals surface area contributed by atoms with Gasteiger partial charge in [0, 0.05) is 19.1 Å². The van der Waals surface area contributed by atoms with Gasteiger partial charge in [-0.3, -0.25) is 4.98 Å². The lowest BCUT2D eigenvalue weighted by Crippen LogP contribution is -2.45. The second kappa shape index (κ2) is 4.25. The Kier molecular flexibility index (Phi) is 2.60. The van der Waals surface area contributed by atoms with Gasteiger partial charge < -0.3 is 10.6 Å². The molecule has 1 aliphatic heterocycles. The van der Waals surface area contributed by atoms with Crippen LogP contribution in [0.3, 0.4) is 0 Å². The Morgan fingerprint density at radius 2 is 2.29 bits per heavy atom. The normalized spacial score (nSPS) is 21.0. The third kappa shape index (κ3) is 1.72. The third-order valence-electron chi connectivity index (χ3n) is 3.28. The number of rotatable bonds is 2. The van der Waals surface area contributed by atoms with E-state index in [9.17, 15) is 0 Å². The maximum absolute atomic E-state index is 5.83. The largest absolute Gasteiger partial charge is 0.351 e. The fourth-order valence-corrected chi connectivity index (χ4v) is 2.41. The summed E-state index contributed by atoms with van der Waals surface area (Å²) in [7, 11) is 0. The van der Waals surface area contributed by atoms with Crippen molar-refractivity contribution in [3.63, 3.8) is 0 Å². The van der Waals surface area contributed by atoms with Crippen molar-refractivity contribution in [3.05, 3.63) is 12.4 Å². The van der Waals surface area contributed by atoms with E-state index in [2.05, 4.69) is 25.4 Å². The highest BCUT2D eigenvalue weighted by Gasteiger charge is 2.23. The van der Waals surface area contributed by atoms with Gasteiger partial charge in [-0.05, 0) is 29.7 Å². The lowest BCUT2D eigenvalue weighted by Gasteiger charge is -2.36. The van der Waals surface area contributed by atoms with Crippen LogP contribution in [-0.2, 0) is 0 Å². The van der Waals surface area contributed by atoms with Crippen LogP contribution in [0.2, 0.25) is 0 Å². The van der Waals surface area contributed by atoms with Gasteiger partial charge in [-0.1, -0.05) is 0 Å². The predicted molar refractivity (Wildman–Crippen MR) is 62.6 cm³/mol. The molecule has 0 radical (unpaired) electrons. The molecule has 2 aromatic rings. The molecule has 7 heteroatoms. The van der Waals surface area contributed by atoms with Crippen molar-refractivity contribution in [3.8, 4) is 0 Å². The van der Waals surface area contributed by atoms with E-state index in [4.69, 9.17) is 5.73 Å². The van der Waals surface area contributed by atoms with Crippen LogP contribution in [0.4, 0.5) is 5.82 Å². The molecule has 1 aliphatic rings. The number of piperidine rings is 1. The van der Waals surface area contributed by atoms with Crippen LogP contribution >= 0.6 is 0 Å². The molecule has 2 aromatic heterocycles. The smallest absolute Gasteiger partial charge is 0.199 e. The molecule has 17 heavy (non-hydrogen) atoms. The average Bonchev–Trinajstić information content (AvgIpc) is 2.86. The first-order valence-electron chi connectivity index (χ1n) is 5.89. The summed E-state index contributed by atoms with van der Waals surface area (Å²) in [5.74, 6) is 0.933. The summed E-state index contributed by atoms with van der Waals surface area (Å²) >= 11 is 0. The molecule has 1 atom stereocenters. The molecule has 3 rings (SSSR count). The summed E-state index contributed by atoms with van der Waals surface area (Å²) in [6.45, 7) is 1.64. The van der Waals surface area contributed by atoms with Crippen molar-refractivity contribution in [1.29, 1.82) is 0 Å². The average molecular weight is 233 g/mol. The van der Waals surface area contributed by atoms with Gasteiger partial charge in [-0.2, -0.15) is 4.52 Å². The fraction of sp³-hybridized carbons (Fsp3) is 0.600. The molecule has 0 aromatic carbocycles. The standard InChI is InChI=1S/C10H15N7/c11-5-8-3-1-2-4-16(8)10-7-12-6-9-13-14-15-17(9)10/h6-8H,1-5,11H2. The van der Waals surface area contributed by atoms with Crippen LogP contribution in [0.25, 0.3) is 5.65 Å². The topological polar surface area (TPSA) is 85.2 Å². The van der Waals surface area contributed by atoms with Gasteiger partial charge >= 0.3 is 0 Å². The Morgan fingerprint density at radius 3 is 3.18 bits per heavy atom. The van der Waals surface area contributed by atoms with E-state index in [0.717, 1.165) is 18.8 Å². The minimum Gasteiger partial charge on any atom is -0.351 e. The number of nitrogens with two attached hydrogens (primary N) is 1. The third-order valence-corrected chi connectivity index (χ3v) is 3.28. The molecule has 1 saturated heterocycles. The molecule has 0 bridgehead atoms.